The fraction of sp³-hybridized carbons (Fsp3) is 0.259. The molecule has 0 aliphatic heterocycles. The largest absolute Gasteiger partial charge is 0.350 e. The van der Waals surface area contributed by atoms with Crippen molar-refractivity contribution in [1.29, 1.82) is 0 Å². The molecule has 0 saturated carbocycles. The lowest BCUT2D eigenvalue weighted by Gasteiger charge is -2.30. The lowest BCUT2D eigenvalue weighted by molar-refractivity contribution is 0.0934. The molecule has 0 heterocycles. The average Bonchev–Trinajstić information content (AvgIpc) is 2.84. The van der Waals surface area contributed by atoms with Gasteiger partial charge in [0.1, 0.15) is 0 Å². The molecule has 0 bridgehead atoms. The Kier molecular flexibility index (Phi) is 8.17. The predicted octanol–water partition coefficient (Wildman–Crippen LogP) is 5.06. The number of nitrogens with one attached hydrogen (secondary N) is 2. The van der Waals surface area contributed by atoms with E-state index >= 15 is 0 Å². The van der Waals surface area contributed by atoms with Crippen LogP contribution in [0.25, 0.3) is 0 Å². The average molecular weight is 430 g/mol. The Morgan fingerprint density at radius 2 is 1.44 bits per heavy atom. The molecule has 0 aliphatic rings. The van der Waals surface area contributed by atoms with Crippen LogP contribution in [-0.4, -0.2) is 36.3 Å². The van der Waals surface area contributed by atoms with E-state index in [0.717, 1.165) is 18.7 Å². The van der Waals surface area contributed by atoms with Crippen LogP contribution in [0.4, 0.5) is 5.69 Å². The minimum Gasteiger partial charge on any atom is -0.350 e. The molecule has 0 spiro atoms. The summed E-state index contributed by atoms with van der Waals surface area (Å²) < 4.78 is 0. The Labute approximate surface area is 190 Å². The number of hydrogen-bond acceptors (Lipinski definition) is 3. The van der Waals surface area contributed by atoms with Crippen molar-refractivity contribution in [2.24, 2.45) is 0 Å². The maximum atomic E-state index is 13.0. The number of carbonyl (C=O) groups excluding carboxylic acids is 2. The molecule has 1 unspecified atom stereocenters. The Morgan fingerprint density at radius 3 is 2.06 bits per heavy atom. The van der Waals surface area contributed by atoms with Crippen molar-refractivity contribution in [3.05, 3.63) is 101 Å². The Morgan fingerprint density at radius 1 is 0.812 bits per heavy atom. The molecule has 166 valence electrons. The van der Waals surface area contributed by atoms with Crippen LogP contribution in [0.5, 0.6) is 0 Å². The molecule has 5 nitrogen and oxygen atoms in total. The van der Waals surface area contributed by atoms with E-state index in [1.165, 1.54) is 5.56 Å². The Bertz CT molecular complexity index is 1030. The number of aryl methyl sites for hydroxylation is 1. The number of rotatable bonds is 9. The second-order valence-corrected chi connectivity index (χ2v) is 7.71. The fourth-order valence-corrected chi connectivity index (χ4v) is 3.77. The van der Waals surface area contributed by atoms with Gasteiger partial charge in [0.05, 0.1) is 6.04 Å². The monoisotopic (exact) mass is 429 g/mol. The van der Waals surface area contributed by atoms with Crippen molar-refractivity contribution in [3.63, 3.8) is 0 Å². The van der Waals surface area contributed by atoms with Gasteiger partial charge >= 0.3 is 0 Å². The molecular formula is C27H31N3O2. The third kappa shape index (κ3) is 5.83. The molecule has 0 radical (unpaired) electrons. The molecule has 0 fully saturated rings. The summed E-state index contributed by atoms with van der Waals surface area (Å²) in [6.07, 6.45) is 0. The molecule has 3 rings (SSSR count). The Balaban J connectivity index is 1.73. The first-order valence-electron chi connectivity index (χ1n) is 11.1. The second-order valence-electron chi connectivity index (χ2n) is 7.71. The van der Waals surface area contributed by atoms with Crippen molar-refractivity contribution in [2.75, 3.05) is 25.0 Å². The molecule has 0 aromatic heterocycles. The van der Waals surface area contributed by atoms with Crippen molar-refractivity contribution >= 4 is 17.5 Å². The highest BCUT2D eigenvalue weighted by molar-refractivity contribution is 6.05. The van der Waals surface area contributed by atoms with E-state index in [0.29, 0.717) is 23.4 Å². The van der Waals surface area contributed by atoms with E-state index in [-0.39, 0.29) is 17.9 Å². The van der Waals surface area contributed by atoms with Gasteiger partial charge in [-0.15, -0.1) is 0 Å². The minimum absolute atomic E-state index is 0.0952. The summed E-state index contributed by atoms with van der Waals surface area (Å²) >= 11 is 0. The van der Waals surface area contributed by atoms with Crippen LogP contribution in [0, 0.1) is 6.92 Å². The smallest absolute Gasteiger partial charge is 0.255 e. The van der Waals surface area contributed by atoms with Crippen LogP contribution in [0.15, 0.2) is 78.9 Å². The third-order valence-electron chi connectivity index (χ3n) is 5.68. The predicted molar refractivity (Wildman–Crippen MR) is 130 cm³/mol. The van der Waals surface area contributed by atoms with Crippen LogP contribution in [0.3, 0.4) is 0 Å². The second kappa shape index (κ2) is 11.3. The fourth-order valence-electron chi connectivity index (χ4n) is 3.77. The first-order valence-corrected chi connectivity index (χ1v) is 11.1. The summed E-state index contributed by atoms with van der Waals surface area (Å²) in [5.74, 6) is -0.356. The molecular weight excluding hydrogens is 398 g/mol. The van der Waals surface area contributed by atoms with Crippen LogP contribution in [0.2, 0.25) is 0 Å². The normalized spacial score (nSPS) is 11.8. The van der Waals surface area contributed by atoms with Crippen LogP contribution in [-0.2, 0) is 0 Å². The zero-order valence-corrected chi connectivity index (χ0v) is 19.0. The highest BCUT2D eigenvalue weighted by Crippen LogP contribution is 2.21. The van der Waals surface area contributed by atoms with Crippen molar-refractivity contribution in [2.45, 2.75) is 26.8 Å². The lowest BCUT2D eigenvalue weighted by atomic mass is 10.0. The topological polar surface area (TPSA) is 61.4 Å². The van der Waals surface area contributed by atoms with E-state index in [9.17, 15) is 9.59 Å². The van der Waals surface area contributed by atoms with Gasteiger partial charge in [-0.1, -0.05) is 68.4 Å². The number of likely N-dealkylation sites (N-methyl/N-ethyl adjacent to an activating group) is 1. The van der Waals surface area contributed by atoms with E-state index in [2.05, 4.69) is 41.5 Å². The quantitative estimate of drug-likeness (QED) is 0.500. The van der Waals surface area contributed by atoms with Gasteiger partial charge in [0.15, 0.2) is 0 Å². The van der Waals surface area contributed by atoms with Gasteiger partial charge in [-0.2, -0.15) is 0 Å². The lowest BCUT2D eigenvalue weighted by Crippen LogP contribution is -2.38. The number of benzene rings is 3. The first kappa shape index (κ1) is 23.2. The summed E-state index contributed by atoms with van der Waals surface area (Å²) in [4.78, 5) is 27.8. The molecule has 2 amide bonds. The molecule has 2 N–H and O–H groups in total. The maximum absolute atomic E-state index is 13.0. The standard InChI is InChI=1S/C27H31N3O2/c1-4-30(5-2)25(21-12-8-6-9-13-21)19-28-26(31)23-17-16-20(3)24(18-23)29-27(32)22-14-10-7-11-15-22/h6-18,25H,4-5,19H2,1-3H3,(H,28,31)(H,29,32). The summed E-state index contributed by atoms with van der Waals surface area (Å²) in [7, 11) is 0. The van der Waals surface area contributed by atoms with Gasteiger partial charge in [-0.25, -0.2) is 0 Å². The van der Waals surface area contributed by atoms with Crippen LogP contribution >= 0.6 is 0 Å². The molecule has 0 aliphatic carbocycles. The summed E-state index contributed by atoms with van der Waals surface area (Å²) in [5.41, 5.74) is 3.80. The van der Waals surface area contributed by atoms with E-state index in [4.69, 9.17) is 0 Å². The SMILES string of the molecule is CCN(CC)C(CNC(=O)c1ccc(C)c(NC(=O)c2ccccc2)c1)c1ccccc1. The molecule has 1 atom stereocenters. The van der Waals surface area contributed by atoms with E-state index in [1.807, 2.05) is 49.4 Å². The van der Waals surface area contributed by atoms with Gasteiger partial charge in [0, 0.05) is 23.4 Å². The third-order valence-corrected chi connectivity index (χ3v) is 5.68. The number of carbonyl (C=O) groups is 2. The minimum atomic E-state index is -0.197. The summed E-state index contributed by atoms with van der Waals surface area (Å²) in [6, 6.07) is 24.8. The Hall–Kier alpha value is -3.44. The number of amides is 2. The van der Waals surface area contributed by atoms with Gasteiger partial charge in [0.25, 0.3) is 11.8 Å². The molecule has 3 aromatic rings. The molecule has 3 aromatic carbocycles. The highest BCUT2D eigenvalue weighted by Gasteiger charge is 2.19. The van der Waals surface area contributed by atoms with Crippen LogP contribution < -0.4 is 10.6 Å². The molecule has 0 saturated heterocycles. The number of anilines is 1. The molecule has 32 heavy (non-hydrogen) atoms. The van der Waals surface area contributed by atoms with Gasteiger partial charge < -0.3 is 10.6 Å². The molecule has 5 heteroatoms. The number of nitrogens with zero attached hydrogens (tertiary/aromatic N) is 1. The van der Waals surface area contributed by atoms with Crippen molar-refractivity contribution in [3.8, 4) is 0 Å². The zero-order chi connectivity index (χ0) is 22.9. The first-order chi connectivity index (χ1) is 15.5. The summed E-state index contributed by atoms with van der Waals surface area (Å²) in [5, 5.41) is 6.01. The highest BCUT2D eigenvalue weighted by atomic mass is 16.2. The maximum Gasteiger partial charge on any atom is 0.255 e. The van der Waals surface area contributed by atoms with Gasteiger partial charge in [0.2, 0.25) is 0 Å². The summed E-state index contributed by atoms with van der Waals surface area (Å²) in [6.45, 7) is 8.46. The van der Waals surface area contributed by atoms with E-state index < -0.39 is 0 Å². The van der Waals surface area contributed by atoms with Gasteiger partial charge in [-0.05, 0) is 55.4 Å². The van der Waals surface area contributed by atoms with Crippen molar-refractivity contribution in [1.82, 2.24) is 10.2 Å². The van der Waals surface area contributed by atoms with E-state index in [1.54, 1.807) is 24.3 Å². The van der Waals surface area contributed by atoms with Crippen LogP contribution in [0.1, 0.15) is 51.7 Å². The number of hydrogen-bond donors (Lipinski definition) is 2. The van der Waals surface area contributed by atoms with Crippen molar-refractivity contribution < 1.29 is 9.59 Å². The zero-order valence-electron chi connectivity index (χ0n) is 19.0. The van der Waals surface area contributed by atoms with Gasteiger partial charge in [-0.3, -0.25) is 14.5 Å².